The second kappa shape index (κ2) is 4.80. The van der Waals surface area contributed by atoms with Crippen molar-refractivity contribution in [3.63, 3.8) is 0 Å². The molecular formula is C14H16N2O2. The Balaban J connectivity index is 1.63. The normalized spacial score (nSPS) is 15.4. The van der Waals surface area contributed by atoms with Gasteiger partial charge in [0.1, 0.15) is 5.52 Å². The van der Waals surface area contributed by atoms with Crippen molar-refractivity contribution in [2.75, 3.05) is 13.1 Å². The zero-order valence-electron chi connectivity index (χ0n) is 10.3. The molecule has 3 rings (SSSR count). The molecule has 1 aliphatic rings. The Bertz CT molecular complexity index is 523. The number of para-hydroxylation sites is 2. The molecule has 0 atom stereocenters. The second-order valence-electron chi connectivity index (χ2n) is 4.66. The smallest absolute Gasteiger partial charge is 0.223 e. The highest BCUT2D eigenvalue weighted by Gasteiger charge is 2.18. The van der Waals surface area contributed by atoms with Gasteiger partial charge >= 0.3 is 0 Å². The third-order valence-corrected chi connectivity index (χ3v) is 3.35. The number of oxazole rings is 1. The van der Waals surface area contributed by atoms with E-state index in [2.05, 4.69) is 4.98 Å². The average molecular weight is 244 g/mol. The van der Waals surface area contributed by atoms with Crippen LogP contribution in [0.1, 0.15) is 25.2 Å². The van der Waals surface area contributed by atoms with E-state index in [1.807, 2.05) is 29.2 Å². The summed E-state index contributed by atoms with van der Waals surface area (Å²) >= 11 is 0. The van der Waals surface area contributed by atoms with E-state index in [0.29, 0.717) is 18.7 Å². The molecule has 0 N–H and O–H groups in total. The SMILES string of the molecule is O=C(CCc1nc2ccccc2o1)N1CCCC1. The third-order valence-electron chi connectivity index (χ3n) is 3.35. The van der Waals surface area contributed by atoms with Crippen molar-refractivity contribution in [2.45, 2.75) is 25.7 Å². The molecule has 1 amide bonds. The Labute approximate surface area is 106 Å². The van der Waals surface area contributed by atoms with Gasteiger partial charge < -0.3 is 9.32 Å². The first-order valence-electron chi connectivity index (χ1n) is 6.45. The van der Waals surface area contributed by atoms with Gasteiger partial charge in [0.25, 0.3) is 0 Å². The lowest BCUT2D eigenvalue weighted by atomic mass is 10.3. The Morgan fingerprint density at radius 2 is 2.06 bits per heavy atom. The molecule has 1 aromatic heterocycles. The Hall–Kier alpha value is -1.84. The number of carbonyl (C=O) groups is 1. The van der Waals surface area contributed by atoms with Crippen molar-refractivity contribution in [3.05, 3.63) is 30.2 Å². The zero-order chi connectivity index (χ0) is 12.4. The van der Waals surface area contributed by atoms with Crippen molar-refractivity contribution >= 4 is 17.0 Å². The molecule has 18 heavy (non-hydrogen) atoms. The molecule has 1 aromatic carbocycles. The van der Waals surface area contributed by atoms with Gasteiger partial charge in [0.05, 0.1) is 0 Å². The molecule has 2 aromatic rings. The first-order chi connectivity index (χ1) is 8.83. The molecule has 0 unspecified atom stereocenters. The van der Waals surface area contributed by atoms with Crippen molar-refractivity contribution in [1.82, 2.24) is 9.88 Å². The summed E-state index contributed by atoms with van der Waals surface area (Å²) in [5, 5.41) is 0. The molecule has 1 fully saturated rings. The fraction of sp³-hybridized carbons (Fsp3) is 0.429. The number of aryl methyl sites for hydroxylation is 1. The number of benzene rings is 1. The molecule has 0 aliphatic carbocycles. The molecule has 1 saturated heterocycles. The molecule has 0 saturated carbocycles. The van der Waals surface area contributed by atoms with Crippen LogP contribution in [0.2, 0.25) is 0 Å². The number of nitrogens with zero attached hydrogens (tertiary/aromatic N) is 2. The maximum Gasteiger partial charge on any atom is 0.223 e. The van der Waals surface area contributed by atoms with Crippen LogP contribution in [0.3, 0.4) is 0 Å². The van der Waals surface area contributed by atoms with E-state index in [4.69, 9.17) is 4.42 Å². The first kappa shape index (κ1) is 11.3. The third kappa shape index (κ3) is 2.23. The number of hydrogen-bond donors (Lipinski definition) is 0. The van der Waals surface area contributed by atoms with Crippen LogP contribution in [-0.2, 0) is 11.2 Å². The fourth-order valence-corrected chi connectivity index (χ4v) is 2.37. The van der Waals surface area contributed by atoms with Crippen LogP contribution in [0.15, 0.2) is 28.7 Å². The molecule has 0 radical (unpaired) electrons. The van der Waals surface area contributed by atoms with Gasteiger partial charge in [0, 0.05) is 25.9 Å². The van der Waals surface area contributed by atoms with Gasteiger partial charge in [-0.15, -0.1) is 0 Å². The number of fused-ring (bicyclic) bond motifs is 1. The topological polar surface area (TPSA) is 46.3 Å². The number of likely N-dealkylation sites (tertiary alicyclic amines) is 1. The summed E-state index contributed by atoms with van der Waals surface area (Å²) in [5.41, 5.74) is 1.65. The highest BCUT2D eigenvalue weighted by Crippen LogP contribution is 2.16. The summed E-state index contributed by atoms with van der Waals surface area (Å²) in [6, 6.07) is 7.68. The summed E-state index contributed by atoms with van der Waals surface area (Å²) in [5.74, 6) is 0.874. The fourth-order valence-electron chi connectivity index (χ4n) is 2.37. The van der Waals surface area contributed by atoms with Crippen LogP contribution in [0, 0.1) is 0 Å². The number of amides is 1. The van der Waals surface area contributed by atoms with Gasteiger partial charge in [-0.2, -0.15) is 0 Å². The molecule has 4 nitrogen and oxygen atoms in total. The zero-order valence-corrected chi connectivity index (χ0v) is 10.3. The number of carbonyl (C=O) groups excluding carboxylic acids is 1. The summed E-state index contributed by atoms with van der Waals surface area (Å²) in [6.07, 6.45) is 3.35. The van der Waals surface area contributed by atoms with Gasteiger partial charge in [0.15, 0.2) is 11.5 Å². The minimum atomic E-state index is 0.217. The van der Waals surface area contributed by atoms with Crippen LogP contribution >= 0.6 is 0 Å². The van der Waals surface area contributed by atoms with E-state index >= 15 is 0 Å². The van der Waals surface area contributed by atoms with E-state index in [0.717, 1.165) is 37.0 Å². The minimum Gasteiger partial charge on any atom is -0.441 e. The Morgan fingerprint density at radius 1 is 1.28 bits per heavy atom. The van der Waals surface area contributed by atoms with Gasteiger partial charge in [-0.1, -0.05) is 12.1 Å². The van der Waals surface area contributed by atoms with E-state index in [-0.39, 0.29) is 5.91 Å². The van der Waals surface area contributed by atoms with Gasteiger partial charge in [-0.25, -0.2) is 4.98 Å². The quantitative estimate of drug-likeness (QED) is 0.832. The summed E-state index contributed by atoms with van der Waals surface area (Å²) in [4.78, 5) is 18.2. The predicted octanol–water partition coefficient (Wildman–Crippen LogP) is 2.38. The lowest BCUT2D eigenvalue weighted by Crippen LogP contribution is -2.27. The van der Waals surface area contributed by atoms with Crippen molar-refractivity contribution in [3.8, 4) is 0 Å². The molecule has 0 bridgehead atoms. The lowest BCUT2D eigenvalue weighted by molar-refractivity contribution is -0.130. The Morgan fingerprint density at radius 3 is 2.83 bits per heavy atom. The van der Waals surface area contributed by atoms with E-state index in [1.54, 1.807) is 0 Å². The van der Waals surface area contributed by atoms with Crippen LogP contribution in [0.4, 0.5) is 0 Å². The van der Waals surface area contributed by atoms with Crippen LogP contribution < -0.4 is 0 Å². The second-order valence-corrected chi connectivity index (χ2v) is 4.66. The maximum atomic E-state index is 11.9. The summed E-state index contributed by atoms with van der Waals surface area (Å²) in [7, 11) is 0. The van der Waals surface area contributed by atoms with Gasteiger partial charge in [-0.3, -0.25) is 4.79 Å². The van der Waals surface area contributed by atoms with Crippen molar-refractivity contribution in [2.24, 2.45) is 0 Å². The molecule has 2 heterocycles. The molecule has 4 heteroatoms. The standard InChI is InChI=1S/C14H16N2O2/c17-14(16-9-3-4-10-16)8-7-13-15-11-5-1-2-6-12(11)18-13/h1-2,5-6H,3-4,7-10H2. The number of rotatable bonds is 3. The van der Waals surface area contributed by atoms with Crippen molar-refractivity contribution < 1.29 is 9.21 Å². The van der Waals surface area contributed by atoms with Crippen molar-refractivity contribution in [1.29, 1.82) is 0 Å². The highest BCUT2D eigenvalue weighted by molar-refractivity contribution is 5.77. The minimum absolute atomic E-state index is 0.217. The average Bonchev–Trinajstić information content (AvgIpc) is 3.04. The Kier molecular flexibility index (Phi) is 3.00. The predicted molar refractivity (Wildman–Crippen MR) is 68.1 cm³/mol. The molecule has 0 spiro atoms. The number of hydrogen-bond acceptors (Lipinski definition) is 3. The van der Waals surface area contributed by atoms with E-state index in [9.17, 15) is 4.79 Å². The molecule has 94 valence electrons. The molecular weight excluding hydrogens is 228 g/mol. The largest absolute Gasteiger partial charge is 0.441 e. The van der Waals surface area contributed by atoms with Crippen LogP contribution in [-0.4, -0.2) is 28.9 Å². The number of aromatic nitrogens is 1. The highest BCUT2D eigenvalue weighted by atomic mass is 16.3. The summed E-state index contributed by atoms with van der Waals surface area (Å²) in [6.45, 7) is 1.82. The lowest BCUT2D eigenvalue weighted by Gasteiger charge is -2.13. The summed E-state index contributed by atoms with van der Waals surface area (Å²) < 4.78 is 5.60. The van der Waals surface area contributed by atoms with Gasteiger partial charge in [-0.05, 0) is 25.0 Å². The maximum absolute atomic E-state index is 11.9. The molecule has 1 aliphatic heterocycles. The van der Waals surface area contributed by atoms with E-state index in [1.165, 1.54) is 0 Å². The van der Waals surface area contributed by atoms with Gasteiger partial charge in [0.2, 0.25) is 5.91 Å². The van der Waals surface area contributed by atoms with Crippen LogP contribution in [0.5, 0.6) is 0 Å². The first-order valence-corrected chi connectivity index (χ1v) is 6.45. The monoisotopic (exact) mass is 244 g/mol. The van der Waals surface area contributed by atoms with Crippen LogP contribution in [0.25, 0.3) is 11.1 Å². The van der Waals surface area contributed by atoms with E-state index < -0.39 is 0 Å².